The first-order chi connectivity index (χ1) is 11.2. The zero-order valence-corrected chi connectivity index (χ0v) is 14.3. The van der Waals surface area contributed by atoms with Crippen molar-refractivity contribution in [2.75, 3.05) is 20.2 Å². The van der Waals surface area contributed by atoms with Crippen molar-refractivity contribution in [3.8, 4) is 0 Å². The Kier molecular flexibility index (Phi) is 7.33. The average Bonchev–Trinajstić information content (AvgIpc) is 2.86. The Balaban J connectivity index is 1.67. The molecule has 128 valence electrons. The minimum absolute atomic E-state index is 0.0565. The lowest BCUT2D eigenvalue weighted by Crippen LogP contribution is -2.40. The van der Waals surface area contributed by atoms with Crippen molar-refractivity contribution in [3.05, 3.63) is 30.1 Å². The molecule has 5 heteroatoms. The summed E-state index contributed by atoms with van der Waals surface area (Å²) in [5, 5.41) is 2.92. The van der Waals surface area contributed by atoms with Crippen molar-refractivity contribution in [2.24, 2.45) is 0 Å². The third kappa shape index (κ3) is 5.82. The van der Waals surface area contributed by atoms with Crippen molar-refractivity contribution >= 4 is 6.03 Å². The Bertz CT molecular complexity index is 459. The van der Waals surface area contributed by atoms with Crippen LogP contribution in [-0.2, 0) is 4.74 Å². The zero-order chi connectivity index (χ0) is 16.5. The van der Waals surface area contributed by atoms with E-state index in [1.165, 1.54) is 25.7 Å². The van der Waals surface area contributed by atoms with Crippen LogP contribution in [0.15, 0.2) is 24.4 Å². The molecule has 0 saturated heterocycles. The summed E-state index contributed by atoms with van der Waals surface area (Å²) in [4.78, 5) is 18.2. The standard InChI is InChI=1S/C18H29N3O2/c1-15(17-11-7-8-12-19-17)21(2)18(22)20-13-14-23-16-9-5-3-4-6-10-16/h7-8,11-12,15-16H,3-6,9-10,13-14H2,1-2H3,(H,20,22)/t15-/m0/s1. The first-order valence-corrected chi connectivity index (χ1v) is 8.71. The Labute approximate surface area is 139 Å². The van der Waals surface area contributed by atoms with Gasteiger partial charge in [-0.25, -0.2) is 4.79 Å². The third-order valence-electron chi connectivity index (χ3n) is 4.55. The quantitative estimate of drug-likeness (QED) is 0.645. The summed E-state index contributed by atoms with van der Waals surface area (Å²) in [6.45, 7) is 3.11. The number of carbonyl (C=O) groups excluding carboxylic acids is 1. The summed E-state index contributed by atoms with van der Waals surface area (Å²) in [5.41, 5.74) is 0.889. The van der Waals surface area contributed by atoms with E-state index in [1.54, 1.807) is 18.1 Å². The number of hydrogen-bond donors (Lipinski definition) is 1. The maximum absolute atomic E-state index is 12.2. The molecule has 0 radical (unpaired) electrons. The molecule has 1 aromatic heterocycles. The van der Waals surface area contributed by atoms with E-state index in [1.807, 2.05) is 25.1 Å². The zero-order valence-electron chi connectivity index (χ0n) is 14.3. The molecule has 23 heavy (non-hydrogen) atoms. The molecule has 1 atom stereocenters. The van der Waals surface area contributed by atoms with Gasteiger partial charge in [-0.15, -0.1) is 0 Å². The van der Waals surface area contributed by atoms with E-state index in [4.69, 9.17) is 4.74 Å². The highest BCUT2D eigenvalue weighted by Crippen LogP contribution is 2.19. The lowest BCUT2D eigenvalue weighted by Gasteiger charge is -2.25. The van der Waals surface area contributed by atoms with Gasteiger partial charge in [0.25, 0.3) is 0 Å². The smallest absolute Gasteiger partial charge is 0.317 e. The van der Waals surface area contributed by atoms with Crippen molar-refractivity contribution in [2.45, 2.75) is 57.6 Å². The van der Waals surface area contributed by atoms with Crippen LogP contribution in [0.5, 0.6) is 0 Å². The maximum Gasteiger partial charge on any atom is 0.317 e. The third-order valence-corrected chi connectivity index (χ3v) is 4.55. The van der Waals surface area contributed by atoms with Gasteiger partial charge in [0.1, 0.15) is 0 Å². The molecule has 1 aliphatic carbocycles. The Morgan fingerprint density at radius 1 is 1.35 bits per heavy atom. The van der Waals surface area contributed by atoms with E-state index in [9.17, 15) is 4.79 Å². The number of nitrogens with zero attached hydrogens (tertiary/aromatic N) is 2. The molecule has 0 aromatic carbocycles. The van der Waals surface area contributed by atoms with Crippen molar-refractivity contribution in [1.29, 1.82) is 0 Å². The molecule has 2 amide bonds. The molecule has 1 fully saturated rings. The molecule has 1 saturated carbocycles. The fourth-order valence-electron chi connectivity index (χ4n) is 2.91. The molecule has 0 bridgehead atoms. The van der Waals surface area contributed by atoms with Gasteiger partial charge in [0.15, 0.2) is 0 Å². The number of nitrogens with one attached hydrogen (secondary N) is 1. The predicted molar refractivity (Wildman–Crippen MR) is 91.3 cm³/mol. The number of pyridine rings is 1. The molecule has 1 aliphatic rings. The molecule has 2 rings (SSSR count). The first kappa shape index (κ1) is 17.7. The number of ether oxygens (including phenoxy) is 1. The highest BCUT2D eigenvalue weighted by molar-refractivity contribution is 5.74. The van der Waals surface area contributed by atoms with Crippen LogP contribution in [0.1, 0.15) is 57.2 Å². The summed E-state index contributed by atoms with van der Waals surface area (Å²) in [7, 11) is 1.79. The monoisotopic (exact) mass is 319 g/mol. The molecule has 0 spiro atoms. The van der Waals surface area contributed by atoms with E-state index < -0.39 is 0 Å². The highest BCUT2D eigenvalue weighted by Gasteiger charge is 2.18. The van der Waals surface area contributed by atoms with Crippen LogP contribution in [-0.4, -0.2) is 42.2 Å². The van der Waals surface area contributed by atoms with Gasteiger partial charge in [0, 0.05) is 19.8 Å². The minimum atomic E-state index is -0.0902. The number of carbonyl (C=O) groups is 1. The number of amides is 2. The number of rotatable bonds is 6. The second-order valence-corrected chi connectivity index (χ2v) is 6.26. The van der Waals surface area contributed by atoms with E-state index >= 15 is 0 Å². The summed E-state index contributed by atoms with van der Waals surface area (Å²) in [5.74, 6) is 0. The van der Waals surface area contributed by atoms with Crippen LogP contribution in [0.4, 0.5) is 4.79 Å². The van der Waals surface area contributed by atoms with E-state index in [0.717, 1.165) is 18.5 Å². The van der Waals surface area contributed by atoms with Gasteiger partial charge in [-0.3, -0.25) is 4.98 Å². The SMILES string of the molecule is C[C@@H](c1ccccn1)N(C)C(=O)NCCOC1CCCCCC1. The summed E-state index contributed by atoms with van der Waals surface area (Å²) in [6.07, 6.45) is 9.62. The highest BCUT2D eigenvalue weighted by atomic mass is 16.5. The van der Waals surface area contributed by atoms with Crippen LogP contribution in [0, 0.1) is 0 Å². The number of urea groups is 1. The van der Waals surface area contributed by atoms with E-state index in [0.29, 0.717) is 19.3 Å². The largest absolute Gasteiger partial charge is 0.376 e. The van der Waals surface area contributed by atoms with Crippen LogP contribution in [0.2, 0.25) is 0 Å². The lowest BCUT2D eigenvalue weighted by molar-refractivity contribution is 0.0454. The fraction of sp³-hybridized carbons (Fsp3) is 0.667. The molecule has 1 heterocycles. The van der Waals surface area contributed by atoms with Crippen LogP contribution in [0.25, 0.3) is 0 Å². The van der Waals surface area contributed by atoms with Crippen LogP contribution >= 0.6 is 0 Å². The summed E-state index contributed by atoms with van der Waals surface area (Å²) in [6, 6.07) is 5.60. The van der Waals surface area contributed by atoms with Crippen LogP contribution in [0.3, 0.4) is 0 Å². The van der Waals surface area contributed by atoms with Gasteiger partial charge < -0.3 is 15.0 Å². The molecule has 5 nitrogen and oxygen atoms in total. The molecule has 1 N–H and O–H groups in total. The second-order valence-electron chi connectivity index (χ2n) is 6.26. The second kappa shape index (κ2) is 9.50. The summed E-state index contributed by atoms with van der Waals surface area (Å²) < 4.78 is 5.89. The fourth-order valence-corrected chi connectivity index (χ4v) is 2.91. The average molecular weight is 319 g/mol. The minimum Gasteiger partial charge on any atom is -0.376 e. The Hall–Kier alpha value is -1.62. The molecule has 1 aromatic rings. The van der Waals surface area contributed by atoms with Gasteiger partial charge in [0.2, 0.25) is 0 Å². The number of hydrogen-bond acceptors (Lipinski definition) is 3. The topological polar surface area (TPSA) is 54.5 Å². The van der Waals surface area contributed by atoms with Gasteiger partial charge in [-0.05, 0) is 31.9 Å². The van der Waals surface area contributed by atoms with Gasteiger partial charge in [-0.1, -0.05) is 31.7 Å². The normalized spacial score (nSPS) is 17.3. The molecular formula is C18H29N3O2. The van der Waals surface area contributed by atoms with Gasteiger partial charge >= 0.3 is 6.03 Å². The lowest BCUT2D eigenvalue weighted by atomic mass is 10.1. The van der Waals surface area contributed by atoms with Crippen molar-refractivity contribution < 1.29 is 9.53 Å². The van der Waals surface area contributed by atoms with Gasteiger partial charge in [0.05, 0.1) is 24.4 Å². The first-order valence-electron chi connectivity index (χ1n) is 8.71. The molecule has 0 aliphatic heterocycles. The Morgan fingerprint density at radius 3 is 2.74 bits per heavy atom. The van der Waals surface area contributed by atoms with E-state index in [2.05, 4.69) is 10.3 Å². The van der Waals surface area contributed by atoms with Crippen LogP contribution < -0.4 is 5.32 Å². The molecular weight excluding hydrogens is 290 g/mol. The van der Waals surface area contributed by atoms with E-state index in [-0.39, 0.29) is 12.1 Å². The number of aromatic nitrogens is 1. The van der Waals surface area contributed by atoms with Gasteiger partial charge in [-0.2, -0.15) is 0 Å². The van der Waals surface area contributed by atoms with Crippen molar-refractivity contribution in [1.82, 2.24) is 15.2 Å². The Morgan fingerprint density at radius 2 is 2.09 bits per heavy atom. The summed E-state index contributed by atoms with van der Waals surface area (Å²) >= 11 is 0. The predicted octanol–water partition coefficient (Wildman–Crippen LogP) is 3.52. The maximum atomic E-state index is 12.2. The molecule has 0 unspecified atom stereocenters. The van der Waals surface area contributed by atoms with Crippen molar-refractivity contribution in [3.63, 3.8) is 0 Å².